The van der Waals surface area contributed by atoms with E-state index in [1.807, 2.05) is 6.07 Å². The zero-order chi connectivity index (χ0) is 16.7. The molecule has 0 fully saturated rings. The van der Waals surface area contributed by atoms with Crippen molar-refractivity contribution in [1.29, 1.82) is 0 Å². The maximum Gasteiger partial charge on any atom is 0.335 e. The van der Waals surface area contributed by atoms with Gasteiger partial charge in [-0.3, -0.25) is 0 Å². The number of benzene rings is 2. The van der Waals surface area contributed by atoms with Crippen molar-refractivity contribution in [3.63, 3.8) is 0 Å². The molecular formula is C16H14Cl2O4. The van der Waals surface area contributed by atoms with E-state index < -0.39 is 11.9 Å². The molecule has 0 aliphatic carbocycles. The van der Waals surface area contributed by atoms with Gasteiger partial charge in [0.1, 0.15) is 0 Å². The zero-order valence-corrected chi connectivity index (χ0v) is 13.2. The van der Waals surface area contributed by atoms with Crippen LogP contribution in [0.1, 0.15) is 33.2 Å². The Kier molecular flexibility index (Phi) is 6.89. The fraction of sp³-hybridized carbons (Fsp3) is 0.125. The topological polar surface area (TPSA) is 74.6 Å². The number of aromatic carboxylic acids is 2. The van der Waals surface area contributed by atoms with Crippen LogP contribution in [0.5, 0.6) is 0 Å². The van der Waals surface area contributed by atoms with Crippen LogP contribution in [-0.2, 0) is 6.42 Å². The highest BCUT2D eigenvalue weighted by Gasteiger charge is 2.15. The third-order valence-corrected chi connectivity index (χ3v) is 3.25. The van der Waals surface area contributed by atoms with E-state index in [4.69, 9.17) is 33.4 Å². The molecule has 6 heteroatoms. The SMILES string of the molecule is CCc1c(C(=O)O)cccc1C(=O)O.Clc1cccc(Cl)c1. The number of rotatable bonds is 3. The van der Waals surface area contributed by atoms with Crippen molar-refractivity contribution in [2.45, 2.75) is 13.3 Å². The largest absolute Gasteiger partial charge is 0.478 e. The van der Waals surface area contributed by atoms with E-state index >= 15 is 0 Å². The van der Waals surface area contributed by atoms with Gasteiger partial charge in [0.2, 0.25) is 0 Å². The summed E-state index contributed by atoms with van der Waals surface area (Å²) in [5.41, 5.74) is 0.493. The first-order valence-corrected chi connectivity index (χ1v) is 7.12. The van der Waals surface area contributed by atoms with Crippen LogP contribution in [0.2, 0.25) is 10.0 Å². The Morgan fingerprint density at radius 1 is 0.909 bits per heavy atom. The fourth-order valence-electron chi connectivity index (χ4n) is 1.83. The molecule has 0 saturated heterocycles. The van der Waals surface area contributed by atoms with Crippen LogP contribution in [0.25, 0.3) is 0 Å². The van der Waals surface area contributed by atoms with Gasteiger partial charge in [0, 0.05) is 10.0 Å². The van der Waals surface area contributed by atoms with E-state index in [9.17, 15) is 9.59 Å². The lowest BCUT2D eigenvalue weighted by atomic mass is 9.99. The summed E-state index contributed by atoms with van der Waals surface area (Å²) in [6.45, 7) is 1.73. The molecule has 0 saturated carbocycles. The van der Waals surface area contributed by atoms with E-state index in [1.165, 1.54) is 18.2 Å². The summed E-state index contributed by atoms with van der Waals surface area (Å²) in [5.74, 6) is -2.19. The first-order chi connectivity index (χ1) is 10.4. The number of carboxylic acids is 2. The molecule has 0 aliphatic rings. The molecule has 0 radical (unpaired) electrons. The standard InChI is InChI=1S/C10H10O4.C6H4Cl2/c1-2-6-7(9(11)12)4-3-5-8(6)10(13)14;7-5-2-1-3-6(8)4-5/h3-5H,2H2,1H3,(H,11,12)(H,13,14);1-4H. The molecule has 0 atom stereocenters. The lowest BCUT2D eigenvalue weighted by Crippen LogP contribution is -2.08. The van der Waals surface area contributed by atoms with Crippen molar-refractivity contribution in [1.82, 2.24) is 0 Å². The number of carboxylic acid groups (broad SMARTS) is 2. The van der Waals surface area contributed by atoms with Gasteiger partial charge in [0.05, 0.1) is 11.1 Å². The van der Waals surface area contributed by atoms with E-state index in [0.717, 1.165) is 0 Å². The van der Waals surface area contributed by atoms with Crippen LogP contribution in [0.4, 0.5) is 0 Å². The molecule has 0 spiro atoms. The second-order valence-corrected chi connectivity index (χ2v) is 5.11. The van der Waals surface area contributed by atoms with Crippen LogP contribution in [0.3, 0.4) is 0 Å². The summed E-state index contributed by atoms with van der Waals surface area (Å²) in [5, 5.41) is 19.0. The van der Waals surface area contributed by atoms with Gasteiger partial charge in [-0.1, -0.05) is 42.3 Å². The van der Waals surface area contributed by atoms with Gasteiger partial charge in [0.25, 0.3) is 0 Å². The average Bonchev–Trinajstić information content (AvgIpc) is 2.46. The lowest BCUT2D eigenvalue weighted by molar-refractivity contribution is 0.0695. The van der Waals surface area contributed by atoms with Crippen molar-refractivity contribution < 1.29 is 19.8 Å². The number of hydrogen-bond donors (Lipinski definition) is 2. The zero-order valence-electron chi connectivity index (χ0n) is 11.7. The van der Waals surface area contributed by atoms with Crippen LogP contribution in [0.15, 0.2) is 42.5 Å². The van der Waals surface area contributed by atoms with Crippen molar-refractivity contribution in [2.24, 2.45) is 0 Å². The van der Waals surface area contributed by atoms with Gasteiger partial charge >= 0.3 is 11.9 Å². The Hall–Kier alpha value is -2.04. The molecule has 116 valence electrons. The first kappa shape index (κ1) is 18.0. The van der Waals surface area contributed by atoms with Gasteiger partial charge < -0.3 is 10.2 Å². The summed E-state index contributed by atoms with van der Waals surface area (Å²) in [7, 11) is 0. The number of carbonyl (C=O) groups is 2. The molecule has 2 N–H and O–H groups in total. The minimum Gasteiger partial charge on any atom is -0.478 e. The van der Waals surface area contributed by atoms with Crippen molar-refractivity contribution in [2.75, 3.05) is 0 Å². The van der Waals surface area contributed by atoms with E-state index in [2.05, 4.69) is 0 Å². The molecule has 2 aromatic rings. The second-order valence-electron chi connectivity index (χ2n) is 4.24. The lowest BCUT2D eigenvalue weighted by Gasteiger charge is -2.06. The van der Waals surface area contributed by atoms with Gasteiger partial charge in [0.15, 0.2) is 0 Å². The summed E-state index contributed by atoms with van der Waals surface area (Å²) >= 11 is 11.1. The molecule has 0 heterocycles. The highest BCUT2D eigenvalue weighted by atomic mass is 35.5. The summed E-state index contributed by atoms with van der Waals surface area (Å²) in [6.07, 6.45) is 0.393. The molecule has 2 aromatic carbocycles. The van der Waals surface area contributed by atoms with Gasteiger partial charge in [-0.25, -0.2) is 9.59 Å². The molecule has 0 unspecified atom stereocenters. The minimum atomic E-state index is -1.09. The summed E-state index contributed by atoms with van der Waals surface area (Å²) in [4.78, 5) is 21.5. The van der Waals surface area contributed by atoms with Gasteiger partial charge in [-0.05, 0) is 42.3 Å². The summed E-state index contributed by atoms with van der Waals surface area (Å²) < 4.78 is 0. The molecule has 4 nitrogen and oxygen atoms in total. The van der Waals surface area contributed by atoms with E-state index in [1.54, 1.807) is 25.1 Å². The maximum atomic E-state index is 10.8. The third-order valence-electron chi connectivity index (χ3n) is 2.78. The second kappa shape index (κ2) is 8.41. The highest BCUT2D eigenvalue weighted by Crippen LogP contribution is 2.16. The first-order valence-electron chi connectivity index (χ1n) is 6.36. The predicted octanol–water partition coefficient (Wildman–Crippen LogP) is 4.64. The summed E-state index contributed by atoms with van der Waals surface area (Å²) in [6, 6.07) is 11.3. The van der Waals surface area contributed by atoms with Crippen LogP contribution in [-0.4, -0.2) is 22.2 Å². The van der Waals surface area contributed by atoms with Gasteiger partial charge in [-0.15, -0.1) is 0 Å². The van der Waals surface area contributed by atoms with E-state index in [0.29, 0.717) is 22.0 Å². The predicted molar refractivity (Wildman–Crippen MR) is 86.2 cm³/mol. The smallest absolute Gasteiger partial charge is 0.335 e. The molecular weight excluding hydrogens is 327 g/mol. The Morgan fingerprint density at radius 2 is 1.32 bits per heavy atom. The quantitative estimate of drug-likeness (QED) is 0.853. The molecule has 0 amide bonds. The molecule has 0 aromatic heterocycles. The van der Waals surface area contributed by atoms with Crippen LogP contribution >= 0.6 is 23.2 Å². The van der Waals surface area contributed by atoms with Crippen LogP contribution in [0, 0.1) is 0 Å². The Labute approximate surface area is 137 Å². The Balaban J connectivity index is 0.000000255. The number of hydrogen-bond acceptors (Lipinski definition) is 2. The number of halogens is 2. The molecule has 0 bridgehead atoms. The van der Waals surface area contributed by atoms with Crippen LogP contribution < -0.4 is 0 Å². The maximum absolute atomic E-state index is 10.8. The van der Waals surface area contributed by atoms with Crippen molar-refractivity contribution >= 4 is 35.1 Å². The fourth-order valence-corrected chi connectivity index (χ4v) is 2.26. The minimum absolute atomic E-state index is 0.0624. The Morgan fingerprint density at radius 3 is 1.59 bits per heavy atom. The molecule has 0 aliphatic heterocycles. The van der Waals surface area contributed by atoms with Gasteiger partial charge in [-0.2, -0.15) is 0 Å². The normalized spacial score (nSPS) is 9.59. The molecule has 2 rings (SSSR count). The van der Waals surface area contributed by atoms with E-state index in [-0.39, 0.29) is 11.1 Å². The average molecular weight is 341 g/mol. The highest BCUT2D eigenvalue weighted by molar-refractivity contribution is 6.34. The third kappa shape index (κ3) is 5.06. The van der Waals surface area contributed by atoms with Crippen molar-refractivity contribution in [3.8, 4) is 0 Å². The van der Waals surface area contributed by atoms with Crippen molar-refractivity contribution in [3.05, 3.63) is 69.2 Å². The molecule has 22 heavy (non-hydrogen) atoms. The monoisotopic (exact) mass is 340 g/mol. The Bertz CT molecular complexity index is 634.